The molecule has 1 amide bonds. The predicted molar refractivity (Wildman–Crippen MR) is 69.6 cm³/mol. The van der Waals surface area contributed by atoms with E-state index in [1.807, 2.05) is 0 Å². The molecule has 0 unspecified atom stereocenters. The van der Waals surface area contributed by atoms with Gasteiger partial charge in [0.25, 0.3) is 0 Å². The van der Waals surface area contributed by atoms with Gasteiger partial charge >= 0.3 is 0 Å². The summed E-state index contributed by atoms with van der Waals surface area (Å²) in [5.74, 6) is 1.08. The number of sulfone groups is 1. The van der Waals surface area contributed by atoms with Crippen LogP contribution in [0.4, 0.5) is 5.82 Å². The molecule has 0 aromatic carbocycles. The van der Waals surface area contributed by atoms with E-state index in [0.717, 1.165) is 0 Å². The van der Waals surface area contributed by atoms with Crippen molar-refractivity contribution in [2.24, 2.45) is 0 Å². The van der Waals surface area contributed by atoms with Gasteiger partial charge in [-0.15, -0.1) is 0 Å². The van der Waals surface area contributed by atoms with Crippen LogP contribution in [0.3, 0.4) is 0 Å². The molecule has 2 heterocycles. The lowest BCUT2D eigenvalue weighted by atomic mass is 10.2. The van der Waals surface area contributed by atoms with E-state index >= 15 is 0 Å². The van der Waals surface area contributed by atoms with E-state index in [2.05, 4.69) is 10.5 Å². The molecule has 1 saturated heterocycles. The molecule has 0 saturated carbocycles. The van der Waals surface area contributed by atoms with Crippen molar-refractivity contribution in [1.82, 2.24) is 10.1 Å². The van der Waals surface area contributed by atoms with E-state index < -0.39 is 9.84 Å². The highest BCUT2D eigenvalue weighted by Crippen LogP contribution is 2.16. The van der Waals surface area contributed by atoms with Gasteiger partial charge in [0.1, 0.15) is 5.76 Å². The summed E-state index contributed by atoms with van der Waals surface area (Å²) >= 11 is 0. The third-order valence-corrected chi connectivity index (χ3v) is 4.87. The van der Waals surface area contributed by atoms with Crippen LogP contribution < -0.4 is 5.32 Å². The minimum absolute atomic E-state index is 0.0882. The Hall–Kier alpha value is -1.41. The summed E-state index contributed by atoms with van der Waals surface area (Å²) in [6.45, 7) is 1.87. The van der Waals surface area contributed by atoms with Gasteiger partial charge in [-0.1, -0.05) is 5.16 Å². The molecular weight excluding hydrogens is 270 g/mol. The topological polar surface area (TPSA) is 92.5 Å². The van der Waals surface area contributed by atoms with Crippen LogP contribution in [0.2, 0.25) is 0 Å². The Labute approximate surface area is 111 Å². The predicted octanol–water partition coefficient (Wildman–Crippen LogP) is 0.0404. The fourth-order valence-electron chi connectivity index (χ4n) is 2.09. The molecule has 1 atom stereocenters. The van der Waals surface area contributed by atoms with Crippen molar-refractivity contribution in [2.45, 2.75) is 19.4 Å². The molecule has 7 nitrogen and oxygen atoms in total. The second-order valence-electron chi connectivity index (χ2n) is 4.84. The number of carbonyl (C=O) groups is 1. The van der Waals surface area contributed by atoms with Gasteiger partial charge in [0.15, 0.2) is 15.7 Å². The Morgan fingerprint density at radius 1 is 1.63 bits per heavy atom. The Morgan fingerprint density at radius 3 is 2.89 bits per heavy atom. The van der Waals surface area contributed by atoms with Gasteiger partial charge in [-0.2, -0.15) is 0 Å². The molecule has 106 valence electrons. The molecular formula is C11H17N3O4S. The normalized spacial score (nSPS) is 21.7. The molecule has 8 heteroatoms. The Morgan fingerprint density at radius 2 is 2.37 bits per heavy atom. The SMILES string of the molecule is Cc1cc(NC(=O)CN(C)[C@H]2CCS(=O)(=O)C2)no1. The number of amides is 1. The van der Waals surface area contributed by atoms with Crippen LogP contribution in [0.1, 0.15) is 12.2 Å². The molecule has 1 fully saturated rings. The number of nitrogens with one attached hydrogen (secondary N) is 1. The minimum Gasteiger partial charge on any atom is -0.360 e. The summed E-state index contributed by atoms with van der Waals surface area (Å²) in [4.78, 5) is 13.5. The van der Waals surface area contributed by atoms with Gasteiger partial charge in [0.2, 0.25) is 5.91 Å². The van der Waals surface area contributed by atoms with Crippen molar-refractivity contribution in [1.29, 1.82) is 0 Å². The van der Waals surface area contributed by atoms with Gasteiger partial charge in [-0.3, -0.25) is 9.69 Å². The first-order valence-electron chi connectivity index (χ1n) is 5.99. The van der Waals surface area contributed by atoms with E-state index in [1.54, 1.807) is 24.9 Å². The van der Waals surface area contributed by atoms with Crippen LogP contribution in [-0.2, 0) is 14.6 Å². The zero-order valence-corrected chi connectivity index (χ0v) is 11.7. The summed E-state index contributed by atoms with van der Waals surface area (Å²) < 4.78 is 27.6. The van der Waals surface area contributed by atoms with Crippen LogP contribution in [0.15, 0.2) is 10.6 Å². The van der Waals surface area contributed by atoms with Crippen molar-refractivity contribution in [3.05, 3.63) is 11.8 Å². The number of hydrogen-bond donors (Lipinski definition) is 1. The number of nitrogens with zero attached hydrogens (tertiary/aromatic N) is 2. The van der Waals surface area contributed by atoms with E-state index in [1.165, 1.54) is 0 Å². The largest absolute Gasteiger partial charge is 0.360 e. The monoisotopic (exact) mass is 287 g/mol. The van der Waals surface area contributed by atoms with E-state index in [-0.39, 0.29) is 30.0 Å². The molecule has 19 heavy (non-hydrogen) atoms. The average molecular weight is 287 g/mol. The maximum absolute atomic E-state index is 11.8. The van der Waals surface area contributed by atoms with Crippen LogP contribution in [0.5, 0.6) is 0 Å². The second-order valence-corrected chi connectivity index (χ2v) is 7.07. The van der Waals surface area contributed by atoms with Gasteiger partial charge < -0.3 is 9.84 Å². The molecule has 1 aliphatic heterocycles. The summed E-state index contributed by atoms with van der Waals surface area (Å²) in [6, 6.07) is 1.53. The van der Waals surface area contributed by atoms with Crippen LogP contribution >= 0.6 is 0 Å². The maximum atomic E-state index is 11.8. The number of aromatic nitrogens is 1. The molecule has 1 aromatic heterocycles. The lowest BCUT2D eigenvalue weighted by Crippen LogP contribution is -2.38. The first-order valence-corrected chi connectivity index (χ1v) is 7.82. The van der Waals surface area contributed by atoms with E-state index in [4.69, 9.17) is 4.52 Å². The minimum atomic E-state index is -2.93. The van der Waals surface area contributed by atoms with Gasteiger partial charge in [-0.25, -0.2) is 8.42 Å². The first kappa shape index (κ1) is 14.0. The molecule has 1 aliphatic rings. The number of anilines is 1. The molecule has 0 spiro atoms. The van der Waals surface area contributed by atoms with Crippen molar-refractivity contribution in [3.8, 4) is 0 Å². The molecule has 0 radical (unpaired) electrons. The Balaban J connectivity index is 1.85. The number of rotatable bonds is 4. The summed E-state index contributed by atoms with van der Waals surface area (Å²) in [5, 5.41) is 6.27. The number of carbonyl (C=O) groups excluding carboxylic acids is 1. The van der Waals surface area contributed by atoms with Crippen molar-refractivity contribution in [2.75, 3.05) is 30.4 Å². The third kappa shape index (κ3) is 3.77. The summed E-state index contributed by atoms with van der Waals surface area (Å²) in [5.41, 5.74) is 0. The maximum Gasteiger partial charge on any atom is 0.239 e. The molecule has 0 aliphatic carbocycles. The Kier molecular flexibility index (Phi) is 3.91. The van der Waals surface area contributed by atoms with Crippen LogP contribution in [0.25, 0.3) is 0 Å². The fraction of sp³-hybridized carbons (Fsp3) is 0.636. The smallest absolute Gasteiger partial charge is 0.239 e. The summed E-state index contributed by atoms with van der Waals surface area (Å²) in [6.07, 6.45) is 0.579. The average Bonchev–Trinajstić information content (AvgIpc) is 2.84. The quantitative estimate of drug-likeness (QED) is 0.840. The first-order chi connectivity index (χ1) is 8.85. The molecule has 1 N–H and O–H groups in total. The van der Waals surface area contributed by atoms with Gasteiger partial charge in [-0.05, 0) is 20.4 Å². The van der Waals surface area contributed by atoms with Gasteiger partial charge in [0, 0.05) is 12.1 Å². The number of hydrogen-bond acceptors (Lipinski definition) is 6. The van der Waals surface area contributed by atoms with Crippen molar-refractivity contribution in [3.63, 3.8) is 0 Å². The molecule has 1 aromatic rings. The summed E-state index contributed by atoms with van der Waals surface area (Å²) in [7, 11) is -1.18. The third-order valence-electron chi connectivity index (χ3n) is 3.12. The number of likely N-dealkylation sites (N-methyl/N-ethyl adjacent to an activating group) is 1. The molecule has 0 bridgehead atoms. The van der Waals surface area contributed by atoms with Crippen LogP contribution in [-0.4, -0.2) is 55.5 Å². The second kappa shape index (κ2) is 5.30. The lowest BCUT2D eigenvalue weighted by Gasteiger charge is -2.21. The highest BCUT2D eigenvalue weighted by atomic mass is 32.2. The number of aryl methyl sites for hydroxylation is 1. The van der Waals surface area contributed by atoms with Gasteiger partial charge in [0.05, 0.1) is 18.1 Å². The zero-order chi connectivity index (χ0) is 14.0. The van der Waals surface area contributed by atoms with Crippen molar-refractivity contribution < 1.29 is 17.7 Å². The fourth-order valence-corrected chi connectivity index (χ4v) is 3.89. The lowest BCUT2D eigenvalue weighted by molar-refractivity contribution is -0.117. The van der Waals surface area contributed by atoms with E-state index in [9.17, 15) is 13.2 Å². The zero-order valence-electron chi connectivity index (χ0n) is 10.9. The molecule has 2 rings (SSSR count). The van der Waals surface area contributed by atoms with Crippen molar-refractivity contribution >= 4 is 21.6 Å². The Bertz CT molecular complexity index is 566. The highest BCUT2D eigenvalue weighted by Gasteiger charge is 2.31. The highest BCUT2D eigenvalue weighted by molar-refractivity contribution is 7.91. The van der Waals surface area contributed by atoms with Crippen LogP contribution in [0, 0.1) is 6.92 Å². The standard InChI is InChI=1S/C11H17N3O4S/c1-8-5-10(13-18-8)12-11(15)6-14(2)9-3-4-19(16,17)7-9/h5,9H,3-4,6-7H2,1-2H3,(H,12,13,15)/t9-/m0/s1. The van der Waals surface area contributed by atoms with E-state index in [0.29, 0.717) is 18.0 Å².